The molecule has 11 nitrogen and oxygen atoms in total. The first-order chi connectivity index (χ1) is 17.4. The minimum absolute atomic E-state index is 0.0185. The normalized spacial score (nSPS) is 11.2. The Labute approximate surface area is 205 Å². The number of nitrogens with one attached hydrogen (secondary N) is 3. The zero-order chi connectivity index (χ0) is 25.2. The number of rotatable bonds is 8. The van der Waals surface area contributed by atoms with Crippen LogP contribution in [0.25, 0.3) is 27.8 Å². The topological polar surface area (TPSA) is 147 Å². The van der Waals surface area contributed by atoms with E-state index in [1.165, 1.54) is 16.8 Å². The number of aromatic nitrogens is 5. The molecule has 0 atom stereocenters. The lowest BCUT2D eigenvalue weighted by atomic mass is 10.2. The largest absolute Gasteiger partial charge is 0.484 e. The molecule has 3 aromatic heterocycles. The molecular weight excluding hydrogens is 462 g/mol. The highest BCUT2D eigenvalue weighted by Crippen LogP contribution is 2.28. The van der Waals surface area contributed by atoms with Crippen molar-refractivity contribution in [1.82, 2.24) is 30.1 Å². The van der Waals surface area contributed by atoms with E-state index in [9.17, 15) is 14.7 Å². The summed E-state index contributed by atoms with van der Waals surface area (Å²) in [7, 11) is 0. The van der Waals surface area contributed by atoms with Gasteiger partial charge in [-0.2, -0.15) is 5.10 Å². The smallest absolute Gasteiger partial charge is 0.337 e. The molecule has 0 saturated carbocycles. The Kier molecular flexibility index (Phi) is 5.95. The highest BCUT2D eigenvalue weighted by molar-refractivity contribution is 5.92. The third-order valence-electron chi connectivity index (χ3n) is 5.32. The van der Waals surface area contributed by atoms with Crippen LogP contribution < -0.4 is 15.4 Å². The first-order valence-corrected chi connectivity index (χ1v) is 11.2. The van der Waals surface area contributed by atoms with Crippen molar-refractivity contribution in [2.45, 2.75) is 19.9 Å². The fraction of sp³-hybridized carbons (Fsp3) is 0.160. The highest BCUT2D eigenvalue weighted by atomic mass is 16.5. The van der Waals surface area contributed by atoms with Gasteiger partial charge in [-0.15, -0.1) is 5.10 Å². The molecule has 1 amide bonds. The summed E-state index contributed by atoms with van der Waals surface area (Å²) in [6.45, 7) is 3.63. The molecule has 0 radical (unpaired) electrons. The van der Waals surface area contributed by atoms with Gasteiger partial charge in [-0.25, -0.2) is 14.3 Å². The van der Waals surface area contributed by atoms with Gasteiger partial charge in [0.25, 0.3) is 5.91 Å². The molecule has 5 rings (SSSR count). The number of ether oxygens (including phenoxy) is 1. The summed E-state index contributed by atoms with van der Waals surface area (Å²) in [6, 6.07) is 14.3. The van der Waals surface area contributed by atoms with Crippen LogP contribution in [0.1, 0.15) is 24.2 Å². The summed E-state index contributed by atoms with van der Waals surface area (Å²) >= 11 is 0. The first kappa shape index (κ1) is 22.8. The number of hydrogen-bond donors (Lipinski definition) is 4. The number of carbonyl (C=O) groups excluding carboxylic acids is 1. The van der Waals surface area contributed by atoms with E-state index in [1.807, 2.05) is 38.1 Å². The zero-order valence-corrected chi connectivity index (χ0v) is 19.5. The lowest BCUT2D eigenvalue weighted by Gasteiger charge is -2.12. The molecule has 2 aromatic carbocycles. The number of hydrogen-bond acceptors (Lipinski definition) is 7. The van der Waals surface area contributed by atoms with Crippen molar-refractivity contribution in [2.24, 2.45) is 0 Å². The Morgan fingerprint density at radius 3 is 2.83 bits per heavy atom. The summed E-state index contributed by atoms with van der Waals surface area (Å²) in [6.07, 6.45) is 3.15. The highest BCUT2D eigenvalue weighted by Gasteiger charge is 2.16. The standard InChI is InChI=1S/C25H23N7O4/c1-14(2)27-22(33)13-36-19-5-3-4-15(9-19)23-29-24(21-10-17(25(34)35)12-32(21)31-23)28-18-6-7-20-16(8-18)11-26-30-20/h3-12,14H,13H2,1-2H3,(H,26,30)(H,27,33)(H,34,35)(H,28,29,31). The van der Waals surface area contributed by atoms with Gasteiger partial charge < -0.3 is 20.5 Å². The van der Waals surface area contributed by atoms with E-state index >= 15 is 0 Å². The molecule has 3 heterocycles. The van der Waals surface area contributed by atoms with E-state index in [4.69, 9.17) is 4.74 Å². The van der Waals surface area contributed by atoms with Crippen molar-refractivity contribution < 1.29 is 19.4 Å². The lowest BCUT2D eigenvalue weighted by molar-refractivity contribution is -0.123. The number of amides is 1. The number of carboxylic acids is 1. The van der Waals surface area contributed by atoms with Gasteiger partial charge in [-0.1, -0.05) is 12.1 Å². The Morgan fingerprint density at radius 1 is 1.17 bits per heavy atom. The maximum Gasteiger partial charge on any atom is 0.337 e. The van der Waals surface area contributed by atoms with Crippen molar-refractivity contribution in [1.29, 1.82) is 0 Å². The van der Waals surface area contributed by atoms with E-state index in [0.717, 1.165) is 16.6 Å². The molecule has 11 heteroatoms. The maximum absolute atomic E-state index is 11.9. The number of benzene rings is 2. The average Bonchev–Trinajstić information content (AvgIpc) is 3.49. The molecule has 0 fully saturated rings. The number of anilines is 2. The van der Waals surface area contributed by atoms with Gasteiger partial charge >= 0.3 is 5.97 Å². The van der Waals surface area contributed by atoms with Crippen LogP contribution in [0.3, 0.4) is 0 Å². The maximum atomic E-state index is 11.9. The van der Waals surface area contributed by atoms with Crippen molar-refractivity contribution in [2.75, 3.05) is 11.9 Å². The quantitative estimate of drug-likeness (QED) is 0.261. The minimum atomic E-state index is -1.07. The number of fused-ring (bicyclic) bond motifs is 2. The number of carboxylic acid groups (broad SMARTS) is 1. The molecule has 0 aliphatic rings. The van der Waals surface area contributed by atoms with Gasteiger partial charge in [0.1, 0.15) is 11.3 Å². The summed E-state index contributed by atoms with van der Waals surface area (Å²) in [4.78, 5) is 28.2. The zero-order valence-electron chi connectivity index (χ0n) is 19.5. The fourth-order valence-corrected chi connectivity index (χ4v) is 3.73. The monoisotopic (exact) mass is 485 g/mol. The lowest BCUT2D eigenvalue weighted by Crippen LogP contribution is -2.34. The molecule has 0 bridgehead atoms. The second kappa shape index (κ2) is 9.37. The summed E-state index contributed by atoms with van der Waals surface area (Å²) in [5.41, 5.74) is 2.87. The van der Waals surface area contributed by atoms with Gasteiger partial charge in [0.15, 0.2) is 18.2 Å². The van der Waals surface area contributed by atoms with Crippen LogP contribution in [0, 0.1) is 0 Å². The van der Waals surface area contributed by atoms with Gasteiger partial charge in [-0.3, -0.25) is 9.89 Å². The molecule has 0 unspecified atom stereocenters. The molecule has 0 aliphatic carbocycles. The van der Waals surface area contributed by atoms with Crippen LogP contribution in [-0.4, -0.2) is 54.4 Å². The molecule has 182 valence electrons. The van der Waals surface area contributed by atoms with E-state index in [-0.39, 0.29) is 24.1 Å². The second-order valence-corrected chi connectivity index (χ2v) is 8.48. The summed E-state index contributed by atoms with van der Waals surface area (Å²) < 4.78 is 7.12. The fourth-order valence-electron chi connectivity index (χ4n) is 3.73. The van der Waals surface area contributed by atoms with E-state index < -0.39 is 5.97 Å². The van der Waals surface area contributed by atoms with Crippen molar-refractivity contribution in [3.05, 3.63) is 66.5 Å². The number of H-pyrrole nitrogens is 1. The minimum Gasteiger partial charge on any atom is -0.484 e. The third-order valence-corrected chi connectivity index (χ3v) is 5.32. The number of aromatic carboxylic acids is 1. The molecule has 0 saturated heterocycles. The van der Waals surface area contributed by atoms with Crippen LogP contribution in [0.15, 0.2) is 60.9 Å². The Bertz CT molecular complexity index is 1590. The molecule has 36 heavy (non-hydrogen) atoms. The van der Waals surface area contributed by atoms with Gasteiger partial charge in [0.05, 0.1) is 17.3 Å². The average molecular weight is 486 g/mol. The van der Waals surface area contributed by atoms with Crippen molar-refractivity contribution in [3.8, 4) is 17.1 Å². The van der Waals surface area contributed by atoms with Crippen molar-refractivity contribution >= 4 is 39.8 Å². The van der Waals surface area contributed by atoms with Crippen LogP contribution in [0.2, 0.25) is 0 Å². The van der Waals surface area contributed by atoms with E-state index in [2.05, 4.69) is 30.9 Å². The van der Waals surface area contributed by atoms with Crippen LogP contribution in [0.5, 0.6) is 5.75 Å². The van der Waals surface area contributed by atoms with Gasteiger partial charge in [0, 0.05) is 28.9 Å². The molecule has 0 aliphatic heterocycles. The van der Waals surface area contributed by atoms with E-state index in [1.54, 1.807) is 24.4 Å². The summed E-state index contributed by atoms with van der Waals surface area (Å²) in [5.74, 6) is -0.0312. The Morgan fingerprint density at radius 2 is 2.03 bits per heavy atom. The second-order valence-electron chi connectivity index (χ2n) is 8.48. The van der Waals surface area contributed by atoms with Crippen molar-refractivity contribution in [3.63, 3.8) is 0 Å². The van der Waals surface area contributed by atoms with Gasteiger partial charge in [-0.05, 0) is 50.2 Å². The third kappa shape index (κ3) is 4.80. The molecule has 4 N–H and O–H groups in total. The predicted molar refractivity (Wildman–Crippen MR) is 134 cm³/mol. The Hall–Kier alpha value is -4.93. The Balaban J connectivity index is 1.50. The SMILES string of the molecule is CC(C)NC(=O)COc1cccc(-c2nc(Nc3ccc4[nH]ncc4c3)c3cc(C(=O)O)cn3n2)c1. The first-order valence-electron chi connectivity index (χ1n) is 11.2. The van der Waals surface area contributed by atoms with E-state index in [0.29, 0.717) is 28.5 Å². The van der Waals surface area contributed by atoms with Crippen LogP contribution >= 0.6 is 0 Å². The van der Waals surface area contributed by atoms with Crippen LogP contribution in [0.4, 0.5) is 11.5 Å². The number of nitrogens with zero attached hydrogens (tertiary/aromatic N) is 4. The molecule has 5 aromatic rings. The molecular formula is C25H23N7O4. The van der Waals surface area contributed by atoms with Crippen LogP contribution in [-0.2, 0) is 4.79 Å². The van der Waals surface area contributed by atoms with Gasteiger partial charge in [0.2, 0.25) is 0 Å². The number of carbonyl (C=O) groups is 2. The molecule has 0 spiro atoms. The number of aromatic amines is 1. The predicted octanol–water partition coefficient (Wildman–Crippen LogP) is 3.62. The summed E-state index contributed by atoms with van der Waals surface area (Å²) in [5, 5.41) is 27.9.